The number of carbonyl (C=O) groups excluding carboxylic acids is 1. The molecular weight excluding hydrogens is 320 g/mol. The first-order chi connectivity index (χ1) is 12.3. The van der Waals surface area contributed by atoms with E-state index in [0.717, 1.165) is 29.9 Å². The van der Waals surface area contributed by atoms with Crippen molar-refractivity contribution in [1.82, 2.24) is 15.1 Å². The fourth-order valence-corrected chi connectivity index (χ4v) is 3.57. The van der Waals surface area contributed by atoms with Crippen molar-refractivity contribution in [3.05, 3.63) is 53.4 Å². The summed E-state index contributed by atoms with van der Waals surface area (Å²) in [5.74, 6) is 0.767. The first-order valence-corrected chi connectivity index (χ1v) is 8.68. The number of nitrogens with two attached hydrogens (primary N) is 1. The molecule has 2 aromatic rings. The lowest BCUT2D eigenvalue weighted by Crippen LogP contribution is -2.34. The van der Waals surface area contributed by atoms with Crippen molar-refractivity contribution in [3.8, 4) is 0 Å². The van der Waals surface area contributed by atoms with Crippen LogP contribution in [0.1, 0.15) is 35.9 Å². The SMILES string of the molecule is NCCc1cc([C@@H]2CC[C@@H]3CN2C(=O)N3OCc2ccccc2)no1. The molecule has 2 bridgehead atoms. The van der Waals surface area contributed by atoms with Gasteiger partial charge in [0.05, 0.1) is 12.1 Å². The van der Waals surface area contributed by atoms with Crippen molar-refractivity contribution in [2.24, 2.45) is 5.73 Å². The molecule has 0 aliphatic carbocycles. The summed E-state index contributed by atoms with van der Waals surface area (Å²) in [6, 6.07) is 11.7. The van der Waals surface area contributed by atoms with Gasteiger partial charge in [0.2, 0.25) is 0 Å². The number of carbonyl (C=O) groups is 1. The molecule has 2 atom stereocenters. The molecule has 0 unspecified atom stereocenters. The molecule has 7 nitrogen and oxygen atoms in total. The maximum Gasteiger partial charge on any atom is 0.344 e. The highest BCUT2D eigenvalue weighted by atomic mass is 16.7. The van der Waals surface area contributed by atoms with Crippen molar-refractivity contribution in [1.29, 1.82) is 0 Å². The number of benzene rings is 1. The van der Waals surface area contributed by atoms with Crippen molar-refractivity contribution in [3.63, 3.8) is 0 Å². The quantitative estimate of drug-likeness (QED) is 0.870. The third-order valence-electron chi connectivity index (χ3n) is 4.85. The van der Waals surface area contributed by atoms with Gasteiger partial charge in [-0.05, 0) is 24.9 Å². The van der Waals surface area contributed by atoms with Crippen molar-refractivity contribution in [2.45, 2.75) is 38.0 Å². The Balaban J connectivity index is 1.44. The van der Waals surface area contributed by atoms with Crippen LogP contribution >= 0.6 is 0 Å². The maximum atomic E-state index is 12.8. The Kier molecular flexibility index (Phi) is 4.42. The number of hydrogen-bond acceptors (Lipinski definition) is 5. The van der Waals surface area contributed by atoms with E-state index < -0.39 is 0 Å². The lowest BCUT2D eigenvalue weighted by Gasteiger charge is -2.28. The van der Waals surface area contributed by atoms with Gasteiger partial charge in [-0.2, -0.15) is 5.06 Å². The summed E-state index contributed by atoms with van der Waals surface area (Å²) in [5.41, 5.74) is 7.41. The average molecular weight is 342 g/mol. The number of fused-ring (bicyclic) bond motifs is 2. The minimum atomic E-state index is -0.0909. The van der Waals surface area contributed by atoms with E-state index in [1.54, 1.807) is 0 Å². The van der Waals surface area contributed by atoms with E-state index in [1.165, 1.54) is 5.06 Å². The average Bonchev–Trinajstić information content (AvgIpc) is 3.19. The summed E-state index contributed by atoms with van der Waals surface area (Å²) in [4.78, 5) is 20.4. The minimum absolute atomic E-state index is 0.0515. The molecule has 0 spiro atoms. The van der Waals surface area contributed by atoms with E-state index in [1.807, 2.05) is 41.3 Å². The van der Waals surface area contributed by atoms with Crippen LogP contribution in [-0.2, 0) is 17.9 Å². The first kappa shape index (κ1) is 16.1. The Labute approximate surface area is 146 Å². The predicted molar refractivity (Wildman–Crippen MR) is 90.2 cm³/mol. The normalized spacial score (nSPS) is 22.7. The highest BCUT2D eigenvalue weighted by Crippen LogP contribution is 2.38. The van der Waals surface area contributed by atoms with Gasteiger partial charge in [0.1, 0.15) is 18.1 Å². The molecule has 0 saturated carbocycles. The maximum absolute atomic E-state index is 12.8. The smallest absolute Gasteiger partial charge is 0.344 e. The number of rotatable bonds is 6. The molecule has 3 heterocycles. The molecule has 4 rings (SSSR count). The molecule has 2 N–H and O–H groups in total. The van der Waals surface area contributed by atoms with Crippen LogP contribution in [0.5, 0.6) is 0 Å². The second kappa shape index (κ2) is 6.85. The molecule has 0 radical (unpaired) electrons. The Morgan fingerprint density at radius 1 is 1.28 bits per heavy atom. The van der Waals surface area contributed by atoms with Crippen LogP contribution < -0.4 is 5.73 Å². The molecule has 2 aliphatic rings. The van der Waals surface area contributed by atoms with E-state index >= 15 is 0 Å². The number of amides is 2. The monoisotopic (exact) mass is 342 g/mol. The molecule has 2 saturated heterocycles. The lowest BCUT2D eigenvalue weighted by molar-refractivity contribution is -0.140. The molecule has 1 aromatic carbocycles. The Bertz CT molecular complexity index is 733. The second-order valence-electron chi connectivity index (χ2n) is 6.52. The summed E-state index contributed by atoms with van der Waals surface area (Å²) in [7, 11) is 0. The van der Waals surface area contributed by atoms with Crippen molar-refractivity contribution in [2.75, 3.05) is 13.1 Å². The zero-order chi connectivity index (χ0) is 17.2. The van der Waals surface area contributed by atoms with Gasteiger partial charge in [-0.1, -0.05) is 35.5 Å². The van der Waals surface area contributed by atoms with Gasteiger partial charge >= 0.3 is 6.03 Å². The van der Waals surface area contributed by atoms with Crippen LogP contribution in [0.4, 0.5) is 4.79 Å². The molecule has 7 heteroatoms. The van der Waals surface area contributed by atoms with E-state index in [-0.39, 0.29) is 18.1 Å². The van der Waals surface area contributed by atoms with Gasteiger partial charge in [-0.25, -0.2) is 4.79 Å². The minimum Gasteiger partial charge on any atom is -0.361 e. The van der Waals surface area contributed by atoms with Gasteiger partial charge in [0.15, 0.2) is 0 Å². The predicted octanol–water partition coefficient (Wildman–Crippen LogP) is 2.25. The fraction of sp³-hybridized carbons (Fsp3) is 0.444. The van der Waals surface area contributed by atoms with Gasteiger partial charge < -0.3 is 15.2 Å². The van der Waals surface area contributed by atoms with E-state index in [4.69, 9.17) is 15.1 Å². The molecule has 2 amide bonds. The third-order valence-corrected chi connectivity index (χ3v) is 4.85. The van der Waals surface area contributed by atoms with Crippen LogP contribution in [0.25, 0.3) is 0 Å². The number of hydrogen-bond donors (Lipinski definition) is 1. The van der Waals surface area contributed by atoms with Crippen LogP contribution in [0.2, 0.25) is 0 Å². The zero-order valence-electron chi connectivity index (χ0n) is 14.0. The summed E-state index contributed by atoms with van der Waals surface area (Å²) >= 11 is 0. The number of aromatic nitrogens is 1. The Morgan fingerprint density at radius 2 is 2.12 bits per heavy atom. The zero-order valence-corrected chi connectivity index (χ0v) is 14.0. The van der Waals surface area contributed by atoms with Gasteiger partial charge in [0.25, 0.3) is 0 Å². The van der Waals surface area contributed by atoms with Crippen LogP contribution in [0, 0.1) is 0 Å². The molecule has 132 valence electrons. The largest absolute Gasteiger partial charge is 0.361 e. The number of hydroxylamine groups is 2. The highest BCUT2D eigenvalue weighted by Gasteiger charge is 2.46. The Morgan fingerprint density at radius 3 is 2.92 bits per heavy atom. The standard InChI is InChI=1S/C18H22N4O3/c19-9-8-15-10-16(20-25-15)17-7-6-14-11-21(17)18(23)22(14)24-12-13-4-2-1-3-5-13/h1-5,10,14,17H,6-9,11-12,19H2/t14-,17+/m1/s1. The number of piperidine rings is 1. The van der Waals surface area contributed by atoms with Gasteiger partial charge in [-0.3, -0.25) is 4.84 Å². The van der Waals surface area contributed by atoms with Crippen LogP contribution in [-0.4, -0.2) is 40.3 Å². The van der Waals surface area contributed by atoms with Crippen molar-refractivity contribution < 1.29 is 14.2 Å². The summed E-state index contributed by atoms with van der Waals surface area (Å²) in [5, 5.41) is 5.68. The summed E-state index contributed by atoms with van der Waals surface area (Å²) in [6.07, 6.45) is 2.40. The van der Waals surface area contributed by atoms with Crippen LogP contribution in [0.3, 0.4) is 0 Å². The molecule has 2 aliphatic heterocycles. The highest BCUT2D eigenvalue weighted by molar-refractivity contribution is 5.77. The van der Waals surface area contributed by atoms with E-state index in [2.05, 4.69) is 5.16 Å². The first-order valence-electron chi connectivity index (χ1n) is 8.68. The Hall–Kier alpha value is -2.38. The number of nitrogens with zero attached hydrogens (tertiary/aromatic N) is 3. The van der Waals surface area contributed by atoms with Crippen molar-refractivity contribution >= 4 is 6.03 Å². The van der Waals surface area contributed by atoms with Crippen LogP contribution in [0.15, 0.2) is 40.9 Å². The lowest BCUT2D eigenvalue weighted by atomic mass is 9.98. The molecule has 1 aromatic heterocycles. The molecular formula is C18H22N4O3. The topological polar surface area (TPSA) is 84.8 Å². The molecule has 25 heavy (non-hydrogen) atoms. The molecule has 2 fully saturated rings. The van der Waals surface area contributed by atoms with Gasteiger partial charge in [-0.15, -0.1) is 0 Å². The van der Waals surface area contributed by atoms with E-state index in [9.17, 15) is 4.79 Å². The van der Waals surface area contributed by atoms with Gasteiger partial charge in [0, 0.05) is 19.0 Å². The fourth-order valence-electron chi connectivity index (χ4n) is 3.57. The summed E-state index contributed by atoms with van der Waals surface area (Å²) in [6.45, 7) is 1.58. The van der Waals surface area contributed by atoms with E-state index in [0.29, 0.717) is 26.1 Å². The second-order valence-corrected chi connectivity index (χ2v) is 6.52. The number of urea groups is 1. The third kappa shape index (κ3) is 3.12. The summed E-state index contributed by atoms with van der Waals surface area (Å²) < 4.78 is 5.32.